The lowest BCUT2D eigenvalue weighted by Crippen LogP contribution is -2.31. The van der Waals surface area contributed by atoms with Crippen molar-refractivity contribution in [2.45, 2.75) is 6.92 Å². The van der Waals surface area contributed by atoms with E-state index in [0.717, 1.165) is 4.90 Å². The third-order valence-corrected chi connectivity index (χ3v) is 5.26. The van der Waals surface area contributed by atoms with Gasteiger partial charge in [-0.15, -0.1) is 11.8 Å². The molecule has 28 heavy (non-hydrogen) atoms. The van der Waals surface area contributed by atoms with Gasteiger partial charge >= 0.3 is 0 Å². The Morgan fingerprint density at radius 3 is 2.11 bits per heavy atom. The molecule has 0 aromatic heterocycles. The van der Waals surface area contributed by atoms with Gasteiger partial charge in [0.1, 0.15) is 17.2 Å². The Labute approximate surface area is 168 Å². The number of benzene rings is 2. The summed E-state index contributed by atoms with van der Waals surface area (Å²) in [5, 5.41) is 0. The summed E-state index contributed by atoms with van der Waals surface area (Å²) in [6, 6.07) is 12.1. The lowest BCUT2D eigenvalue weighted by atomic mass is 10.0. The number of ether oxygens (including phenoxy) is 3. The summed E-state index contributed by atoms with van der Waals surface area (Å²) in [6.07, 6.45) is 0. The topological polar surface area (TPSA) is 65.1 Å². The number of thioether (sulfide) groups is 1. The number of carbonyl (C=O) groups is 2. The second-order valence-electron chi connectivity index (χ2n) is 5.85. The molecular weight excluding hydrogens is 378 g/mol. The molecule has 146 valence electrons. The molecular formula is C21H21NO5S. The number of anilines is 1. The molecule has 7 heteroatoms. The molecule has 0 atom stereocenters. The van der Waals surface area contributed by atoms with Gasteiger partial charge in [0.2, 0.25) is 0 Å². The van der Waals surface area contributed by atoms with Gasteiger partial charge in [-0.25, -0.2) is 4.90 Å². The van der Waals surface area contributed by atoms with Gasteiger partial charge in [0, 0.05) is 23.8 Å². The van der Waals surface area contributed by atoms with Gasteiger partial charge < -0.3 is 14.2 Å². The number of carbonyl (C=O) groups excluding carboxylic acids is 2. The highest BCUT2D eigenvalue weighted by Crippen LogP contribution is 2.42. The zero-order valence-electron chi connectivity index (χ0n) is 16.1. The summed E-state index contributed by atoms with van der Waals surface area (Å²) in [6.45, 7) is 1.94. The van der Waals surface area contributed by atoms with Crippen LogP contribution in [-0.2, 0) is 9.59 Å². The molecule has 2 aromatic rings. The van der Waals surface area contributed by atoms with Crippen LogP contribution in [0.4, 0.5) is 5.69 Å². The van der Waals surface area contributed by atoms with Crippen molar-refractivity contribution in [2.75, 3.05) is 32.0 Å². The van der Waals surface area contributed by atoms with E-state index in [1.54, 1.807) is 30.3 Å². The van der Waals surface area contributed by atoms with Crippen molar-refractivity contribution in [2.24, 2.45) is 0 Å². The molecule has 0 spiro atoms. The van der Waals surface area contributed by atoms with E-state index in [0.29, 0.717) is 44.7 Å². The van der Waals surface area contributed by atoms with E-state index in [4.69, 9.17) is 14.2 Å². The van der Waals surface area contributed by atoms with E-state index in [1.807, 2.05) is 19.1 Å². The van der Waals surface area contributed by atoms with Crippen LogP contribution in [0, 0.1) is 0 Å². The van der Waals surface area contributed by atoms with Crippen LogP contribution in [-0.4, -0.2) is 38.9 Å². The lowest BCUT2D eigenvalue weighted by molar-refractivity contribution is -0.119. The molecule has 3 rings (SSSR count). The quantitative estimate of drug-likeness (QED) is 0.661. The van der Waals surface area contributed by atoms with Crippen molar-refractivity contribution in [3.8, 4) is 17.2 Å². The Kier molecular flexibility index (Phi) is 5.94. The first-order valence-electron chi connectivity index (χ1n) is 8.68. The fourth-order valence-corrected chi connectivity index (χ4v) is 3.88. The Morgan fingerprint density at radius 1 is 0.893 bits per heavy atom. The van der Waals surface area contributed by atoms with Crippen LogP contribution in [0.15, 0.2) is 47.4 Å². The van der Waals surface area contributed by atoms with E-state index >= 15 is 0 Å². The highest BCUT2D eigenvalue weighted by Gasteiger charge is 2.41. The van der Waals surface area contributed by atoms with Gasteiger partial charge in [-0.05, 0) is 11.8 Å². The first-order chi connectivity index (χ1) is 13.5. The zero-order valence-corrected chi connectivity index (χ0v) is 17.0. The number of hydrogen-bond acceptors (Lipinski definition) is 6. The minimum atomic E-state index is -0.402. The third kappa shape index (κ3) is 3.45. The molecule has 0 aliphatic carbocycles. The molecule has 1 heterocycles. The SMILES string of the molecule is CCSC1=C(c2ccccc2OC)C(=O)N(c2cc(OC)cc(OC)c2)C1=O. The lowest BCUT2D eigenvalue weighted by Gasteiger charge is -2.17. The average molecular weight is 399 g/mol. The van der Waals surface area contributed by atoms with E-state index in [1.165, 1.54) is 33.1 Å². The number of rotatable bonds is 7. The average Bonchev–Trinajstić information content (AvgIpc) is 2.97. The van der Waals surface area contributed by atoms with Gasteiger partial charge in [-0.3, -0.25) is 9.59 Å². The number of methoxy groups -OCH3 is 3. The molecule has 0 fully saturated rings. The number of imide groups is 1. The third-order valence-electron chi connectivity index (χ3n) is 4.30. The van der Waals surface area contributed by atoms with Crippen molar-refractivity contribution in [1.29, 1.82) is 0 Å². The van der Waals surface area contributed by atoms with Crippen molar-refractivity contribution >= 4 is 34.8 Å². The number of para-hydroxylation sites is 1. The highest BCUT2D eigenvalue weighted by atomic mass is 32.2. The maximum atomic E-state index is 13.4. The zero-order chi connectivity index (χ0) is 20.3. The van der Waals surface area contributed by atoms with Crippen LogP contribution >= 0.6 is 11.8 Å². The summed E-state index contributed by atoms with van der Waals surface area (Å²) in [5.74, 6) is 1.41. The summed E-state index contributed by atoms with van der Waals surface area (Å²) < 4.78 is 16.0. The standard InChI is InChI=1S/C21H21NO5S/c1-5-28-19-18(16-8-6-7-9-17(16)27-4)20(23)22(21(19)24)13-10-14(25-2)12-15(11-13)26-3/h6-12H,5H2,1-4H3. The summed E-state index contributed by atoms with van der Waals surface area (Å²) >= 11 is 1.34. The number of nitrogens with zero attached hydrogens (tertiary/aromatic N) is 1. The van der Waals surface area contributed by atoms with Gasteiger partial charge in [0.25, 0.3) is 11.8 Å². The van der Waals surface area contributed by atoms with E-state index in [2.05, 4.69) is 0 Å². The molecule has 0 saturated carbocycles. The van der Waals surface area contributed by atoms with Crippen LogP contribution in [0.1, 0.15) is 12.5 Å². The van der Waals surface area contributed by atoms with Crippen molar-refractivity contribution in [3.05, 3.63) is 52.9 Å². The smallest absolute Gasteiger partial charge is 0.272 e. The molecule has 0 saturated heterocycles. The van der Waals surface area contributed by atoms with Crippen LogP contribution in [0.5, 0.6) is 17.2 Å². The van der Waals surface area contributed by atoms with Crippen LogP contribution in [0.25, 0.3) is 5.57 Å². The fraction of sp³-hybridized carbons (Fsp3) is 0.238. The fourth-order valence-electron chi connectivity index (χ4n) is 3.03. The number of hydrogen-bond donors (Lipinski definition) is 0. The maximum Gasteiger partial charge on any atom is 0.272 e. The molecule has 1 aliphatic rings. The first kappa shape index (κ1) is 19.8. The Balaban J connectivity index is 2.15. The molecule has 0 bridgehead atoms. The summed E-state index contributed by atoms with van der Waals surface area (Å²) in [7, 11) is 4.57. The van der Waals surface area contributed by atoms with Crippen LogP contribution < -0.4 is 19.1 Å². The molecule has 0 N–H and O–H groups in total. The maximum absolute atomic E-state index is 13.4. The van der Waals surface area contributed by atoms with E-state index in [-0.39, 0.29) is 5.91 Å². The first-order valence-corrected chi connectivity index (χ1v) is 9.66. The molecule has 2 aromatic carbocycles. The summed E-state index contributed by atoms with van der Waals surface area (Å²) in [5.41, 5.74) is 1.33. The van der Waals surface area contributed by atoms with Crippen LogP contribution in [0.2, 0.25) is 0 Å². The Bertz CT molecular complexity index is 931. The molecule has 1 aliphatic heterocycles. The Hall–Kier alpha value is -2.93. The second kappa shape index (κ2) is 8.39. The molecule has 2 amide bonds. The van der Waals surface area contributed by atoms with Crippen LogP contribution in [0.3, 0.4) is 0 Å². The van der Waals surface area contributed by atoms with E-state index < -0.39 is 5.91 Å². The predicted molar refractivity (Wildman–Crippen MR) is 110 cm³/mol. The highest BCUT2D eigenvalue weighted by molar-refractivity contribution is 8.04. The van der Waals surface area contributed by atoms with Crippen molar-refractivity contribution in [3.63, 3.8) is 0 Å². The molecule has 6 nitrogen and oxygen atoms in total. The van der Waals surface area contributed by atoms with Crippen molar-refractivity contribution < 1.29 is 23.8 Å². The second-order valence-corrected chi connectivity index (χ2v) is 7.13. The summed E-state index contributed by atoms with van der Waals surface area (Å²) in [4.78, 5) is 28.1. The predicted octanol–water partition coefficient (Wildman–Crippen LogP) is 3.75. The van der Waals surface area contributed by atoms with Gasteiger partial charge in [0.15, 0.2) is 0 Å². The Morgan fingerprint density at radius 2 is 1.54 bits per heavy atom. The largest absolute Gasteiger partial charge is 0.497 e. The van der Waals surface area contributed by atoms with Gasteiger partial charge in [-0.2, -0.15) is 0 Å². The van der Waals surface area contributed by atoms with Gasteiger partial charge in [0.05, 0.1) is 37.5 Å². The molecule has 0 unspecified atom stereocenters. The van der Waals surface area contributed by atoms with Gasteiger partial charge in [-0.1, -0.05) is 25.1 Å². The normalized spacial score (nSPS) is 13.9. The molecule has 0 radical (unpaired) electrons. The minimum Gasteiger partial charge on any atom is -0.497 e. The van der Waals surface area contributed by atoms with Crippen molar-refractivity contribution in [1.82, 2.24) is 0 Å². The van der Waals surface area contributed by atoms with E-state index in [9.17, 15) is 9.59 Å². The monoisotopic (exact) mass is 399 g/mol. The minimum absolute atomic E-state index is 0.344. The number of amides is 2.